The smallest absolute Gasteiger partial charge is 0.143 e. The van der Waals surface area contributed by atoms with Gasteiger partial charge in [-0.15, -0.1) is 0 Å². The first kappa shape index (κ1) is 67.5. The standard InChI is InChI=1S/C112H63N11O2/c113-64-86-106(121-91-41-14-5-30-79(91)103-98(121)44-21-57-114-103)108(119-94-53-49-65(69-33-19-35-77-75-28-8-17-47-101(75)124-111(69)77)60-82(94)84-62-67(51-55-96(84)119)117-87-37-10-1-24-71(87)72-25-2-11-38-88(72)117)110(123-93-43-16-7-32-81(93)105-100(123)46-23-59-116-105)109(107(86)122-92-42-15-6-31-80(92)104-99(122)45-22-58-115-104)120-95-54-50-66(70-34-20-36-78-76-29-9-18-48-102(76)125-112(70)78)61-83(95)85-63-68(52-56-97(85)120)118-89-39-12-3-26-73(89)74-27-4-13-40-90(74)118/h1-63H. The van der Waals surface area contributed by atoms with Gasteiger partial charge in [-0.05, 0) is 163 Å². The van der Waals surface area contributed by atoms with Gasteiger partial charge in [0.1, 0.15) is 34.0 Å². The van der Waals surface area contributed by atoms with E-state index in [9.17, 15) is 5.26 Å². The summed E-state index contributed by atoms with van der Waals surface area (Å²) in [5.74, 6) is 0. The second-order valence-corrected chi connectivity index (χ2v) is 32.7. The first-order chi connectivity index (χ1) is 62.0. The second kappa shape index (κ2) is 25.4. The number of hydrogen-bond acceptors (Lipinski definition) is 6. The van der Waals surface area contributed by atoms with E-state index in [1.807, 2.05) is 42.9 Å². The largest absolute Gasteiger partial charge is 0.455 e. The molecule has 0 amide bonds. The van der Waals surface area contributed by atoms with E-state index in [1.54, 1.807) is 0 Å². The van der Waals surface area contributed by atoms with Gasteiger partial charge in [0.25, 0.3) is 0 Å². The molecule has 12 aromatic heterocycles. The van der Waals surface area contributed by atoms with Gasteiger partial charge in [0.05, 0.1) is 122 Å². The molecule has 0 unspecified atom stereocenters. The third-order valence-electron chi connectivity index (χ3n) is 26.5. The van der Waals surface area contributed by atoms with Gasteiger partial charge in [-0.2, -0.15) is 5.26 Å². The molecule has 0 radical (unpaired) electrons. The SMILES string of the molecule is N#Cc1c(-n2c3ccccc3c3ncccc32)c(-n2c3ccc(-c4cccc5c4oc4ccccc45)cc3c3cc(-n4c5ccccc5c5ccccc54)ccc32)c(-n2c3ccccc3c3ncccc32)c(-n2c3ccc(-c4cccc5c4oc4ccccc45)cc3c3cc(-n4c5ccccc5c5ccccc54)ccc32)c1-n1c2ccccc2c2ncccc21. The zero-order valence-corrected chi connectivity index (χ0v) is 66.6. The molecule has 0 aliphatic rings. The molecule has 13 nitrogen and oxygen atoms in total. The molecule has 28 rings (SSSR count). The molecule has 0 saturated heterocycles. The molecule has 28 aromatic rings. The summed E-state index contributed by atoms with van der Waals surface area (Å²) in [7, 11) is 0. The summed E-state index contributed by atoms with van der Waals surface area (Å²) in [4.78, 5) is 16.1. The second-order valence-electron chi connectivity index (χ2n) is 32.7. The minimum atomic E-state index is 0.380. The molecule has 0 bridgehead atoms. The summed E-state index contributed by atoms with van der Waals surface area (Å²) in [6.07, 6.45) is 5.66. The van der Waals surface area contributed by atoms with Crippen LogP contribution in [0.5, 0.6) is 0 Å². The Balaban J connectivity index is 0.882. The van der Waals surface area contributed by atoms with Gasteiger partial charge in [-0.1, -0.05) is 212 Å². The summed E-state index contributed by atoms with van der Waals surface area (Å²) < 4.78 is 31.0. The van der Waals surface area contributed by atoms with Crippen molar-refractivity contribution in [2.45, 2.75) is 0 Å². The molecular formula is C112H63N11O2. The number of pyridine rings is 3. The van der Waals surface area contributed by atoms with Crippen LogP contribution in [-0.4, -0.2) is 46.9 Å². The molecule has 0 N–H and O–H groups in total. The van der Waals surface area contributed by atoms with Gasteiger partial charge in [-0.25, -0.2) is 0 Å². The molecule has 16 aromatic carbocycles. The first-order valence-corrected chi connectivity index (χ1v) is 42.2. The van der Waals surface area contributed by atoms with E-state index in [2.05, 4.69) is 378 Å². The summed E-state index contributed by atoms with van der Waals surface area (Å²) in [6, 6.07) is 134. The summed E-state index contributed by atoms with van der Waals surface area (Å²) in [6.45, 7) is 0. The Bertz CT molecular complexity index is 8940. The normalized spacial score (nSPS) is 12.3. The summed E-state index contributed by atoms with van der Waals surface area (Å²) in [5.41, 5.74) is 28.2. The molecule has 13 heteroatoms. The average Bonchev–Trinajstić information content (AvgIpc) is 1.54. The number of fused-ring (bicyclic) bond motifs is 27. The van der Waals surface area contributed by atoms with Gasteiger partial charge in [0.15, 0.2) is 0 Å². The van der Waals surface area contributed by atoms with E-state index >= 15 is 0 Å². The maximum absolute atomic E-state index is 14.0. The number of furan rings is 2. The van der Waals surface area contributed by atoms with E-state index in [0.717, 1.165) is 236 Å². The molecular weight excluding hydrogens is 1530 g/mol. The van der Waals surface area contributed by atoms with Gasteiger partial charge < -0.3 is 40.8 Å². The fraction of sp³-hybridized carbons (Fsp3) is 0. The minimum absolute atomic E-state index is 0.380. The van der Waals surface area contributed by atoms with Crippen molar-refractivity contribution < 1.29 is 8.83 Å². The lowest BCUT2D eigenvalue weighted by Gasteiger charge is -2.30. The zero-order valence-electron chi connectivity index (χ0n) is 66.6. The summed E-state index contributed by atoms with van der Waals surface area (Å²) in [5, 5.41) is 29.5. The number of hydrogen-bond donors (Lipinski definition) is 0. The van der Waals surface area contributed by atoms with Crippen molar-refractivity contribution in [3.8, 4) is 68.1 Å². The molecule has 0 spiro atoms. The number of para-hydroxylation sites is 11. The van der Waals surface area contributed by atoms with Crippen molar-refractivity contribution in [3.05, 3.63) is 388 Å². The maximum atomic E-state index is 14.0. The van der Waals surface area contributed by atoms with Crippen molar-refractivity contribution in [1.29, 1.82) is 5.26 Å². The van der Waals surface area contributed by atoms with Crippen LogP contribution in [-0.2, 0) is 0 Å². The highest BCUT2D eigenvalue weighted by atomic mass is 16.3. The maximum Gasteiger partial charge on any atom is 0.143 e. The van der Waals surface area contributed by atoms with Crippen LogP contribution in [0.25, 0.3) is 259 Å². The fourth-order valence-corrected chi connectivity index (χ4v) is 21.4. The van der Waals surface area contributed by atoms with E-state index in [1.165, 1.54) is 0 Å². The Kier molecular flexibility index (Phi) is 13.7. The third kappa shape index (κ3) is 9.18. The first-order valence-electron chi connectivity index (χ1n) is 42.2. The van der Waals surface area contributed by atoms with Gasteiger partial charge in [0.2, 0.25) is 0 Å². The number of nitrogens with zero attached hydrogens (tertiary/aromatic N) is 11. The van der Waals surface area contributed by atoms with Crippen molar-refractivity contribution in [2.24, 2.45) is 0 Å². The Labute approximate surface area is 709 Å². The molecule has 0 aliphatic heterocycles. The van der Waals surface area contributed by atoms with Crippen LogP contribution >= 0.6 is 0 Å². The molecule has 12 heterocycles. The number of benzene rings is 16. The highest BCUT2D eigenvalue weighted by molar-refractivity contribution is 6.22. The lowest BCUT2D eigenvalue weighted by molar-refractivity contribution is 0.669. The number of nitriles is 1. The quantitative estimate of drug-likeness (QED) is 0.142. The van der Waals surface area contributed by atoms with Crippen molar-refractivity contribution >= 4 is 197 Å². The van der Waals surface area contributed by atoms with Crippen LogP contribution in [0.3, 0.4) is 0 Å². The molecule has 0 aliphatic carbocycles. The van der Waals surface area contributed by atoms with Gasteiger partial charge in [0, 0.05) is 122 Å². The highest BCUT2D eigenvalue weighted by Crippen LogP contribution is 2.54. The van der Waals surface area contributed by atoms with Crippen molar-refractivity contribution in [3.63, 3.8) is 0 Å². The van der Waals surface area contributed by atoms with Gasteiger partial charge in [-0.3, -0.25) is 15.0 Å². The fourth-order valence-electron chi connectivity index (χ4n) is 21.4. The van der Waals surface area contributed by atoms with Crippen LogP contribution in [0.15, 0.2) is 391 Å². The van der Waals surface area contributed by atoms with Crippen molar-refractivity contribution in [2.75, 3.05) is 0 Å². The predicted octanol–water partition coefficient (Wildman–Crippen LogP) is 28.6. The highest BCUT2D eigenvalue weighted by Gasteiger charge is 2.38. The van der Waals surface area contributed by atoms with E-state index in [-0.39, 0.29) is 0 Å². The monoisotopic (exact) mass is 1590 g/mol. The predicted molar refractivity (Wildman–Crippen MR) is 510 cm³/mol. The van der Waals surface area contributed by atoms with E-state index in [0.29, 0.717) is 28.3 Å². The average molecular weight is 1590 g/mol. The Morgan fingerprint density at radius 1 is 0.208 bits per heavy atom. The Hall–Kier alpha value is -17.3. The molecule has 578 valence electrons. The van der Waals surface area contributed by atoms with Gasteiger partial charge >= 0.3 is 0 Å². The van der Waals surface area contributed by atoms with Crippen molar-refractivity contribution in [1.82, 2.24) is 46.9 Å². The topological polar surface area (TPSA) is 123 Å². The van der Waals surface area contributed by atoms with Crippen LogP contribution in [0, 0.1) is 11.3 Å². The lowest BCUT2D eigenvalue weighted by atomic mass is 9.99. The third-order valence-corrected chi connectivity index (χ3v) is 26.5. The Morgan fingerprint density at radius 3 is 0.848 bits per heavy atom. The molecule has 125 heavy (non-hydrogen) atoms. The van der Waals surface area contributed by atoms with Crippen LogP contribution in [0.1, 0.15) is 5.56 Å². The zero-order chi connectivity index (χ0) is 81.5. The van der Waals surface area contributed by atoms with Crippen LogP contribution in [0.2, 0.25) is 0 Å². The summed E-state index contributed by atoms with van der Waals surface area (Å²) >= 11 is 0. The molecule has 0 saturated carbocycles. The van der Waals surface area contributed by atoms with E-state index in [4.69, 9.17) is 23.8 Å². The number of rotatable bonds is 9. The van der Waals surface area contributed by atoms with E-state index < -0.39 is 0 Å². The van der Waals surface area contributed by atoms with Crippen LogP contribution in [0.4, 0.5) is 0 Å². The van der Waals surface area contributed by atoms with Crippen LogP contribution < -0.4 is 0 Å². The minimum Gasteiger partial charge on any atom is -0.455 e. The Morgan fingerprint density at radius 2 is 0.480 bits per heavy atom. The number of aromatic nitrogens is 10. The lowest BCUT2D eigenvalue weighted by Crippen LogP contribution is -2.19. The molecule has 0 atom stereocenters. The molecule has 0 fully saturated rings.